The molecule has 1 aliphatic heterocycles. The average Bonchev–Trinajstić information content (AvgIpc) is 3.47. The summed E-state index contributed by atoms with van der Waals surface area (Å²) in [7, 11) is 6.29. The van der Waals surface area contributed by atoms with Crippen LogP contribution < -0.4 is 4.90 Å². The fraction of sp³-hybridized carbons (Fsp3) is 0.308. The number of nitrogens with one attached hydrogen (secondary N) is 2. The van der Waals surface area contributed by atoms with Crippen molar-refractivity contribution >= 4 is 27.8 Å². The third-order valence-corrected chi connectivity index (χ3v) is 6.61. The highest BCUT2D eigenvalue weighted by atomic mass is 15.3. The van der Waals surface area contributed by atoms with Crippen LogP contribution in [0.25, 0.3) is 44.7 Å². The van der Waals surface area contributed by atoms with Crippen LogP contribution >= 0.6 is 0 Å². The number of aromatic amines is 2. The maximum absolute atomic E-state index is 4.85. The number of piperazine rings is 1. The maximum atomic E-state index is 4.85. The summed E-state index contributed by atoms with van der Waals surface area (Å²) in [6.07, 6.45) is 5.75. The lowest BCUT2D eigenvalue weighted by Gasteiger charge is -2.33. The molecule has 0 aliphatic carbocycles. The minimum absolute atomic E-state index is 0.697. The van der Waals surface area contributed by atoms with Gasteiger partial charge >= 0.3 is 0 Å². The summed E-state index contributed by atoms with van der Waals surface area (Å²) in [5.74, 6) is 0.761. The molecule has 0 radical (unpaired) electrons. The molecule has 1 saturated heterocycles. The Labute approximate surface area is 203 Å². The number of rotatable bonds is 5. The Morgan fingerprint density at radius 1 is 0.971 bits per heavy atom. The lowest BCUT2D eigenvalue weighted by Crippen LogP contribution is -2.44. The molecule has 5 aromatic rings. The Bertz CT molecular complexity index is 1490. The van der Waals surface area contributed by atoms with E-state index in [9.17, 15) is 0 Å². The zero-order valence-corrected chi connectivity index (χ0v) is 20.3. The SMILES string of the molecule is CN(C)Cc1cncc(-c2ccc3nc(-c4[nH]nc5ncc(N6CCN(C)CC6)cc45)[nH]c3c2)c1. The Kier molecular flexibility index (Phi) is 5.43. The molecule has 0 bridgehead atoms. The molecule has 2 N–H and O–H groups in total. The molecule has 0 unspecified atom stereocenters. The number of H-pyrrole nitrogens is 2. The Morgan fingerprint density at radius 2 is 1.83 bits per heavy atom. The molecule has 4 aromatic heterocycles. The first kappa shape index (κ1) is 21.7. The van der Waals surface area contributed by atoms with Crippen molar-refractivity contribution in [3.05, 3.63) is 54.5 Å². The molecular formula is C26H29N9. The average molecular weight is 468 g/mol. The summed E-state index contributed by atoms with van der Waals surface area (Å²) in [5.41, 5.74) is 7.94. The van der Waals surface area contributed by atoms with Crippen LogP contribution in [0, 0.1) is 0 Å². The van der Waals surface area contributed by atoms with E-state index >= 15 is 0 Å². The standard InChI is InChI=1S/C26H29N9/c1-33(2)16-17-10-19(14-27-13-17)18-4-5-22-23(11-18)30-26(29-22)24-21-12-20(15-28-25(21)32-31-24)35-8-6-34(3)7-9-35/h4-5,10-15H,6-9,16H2,1-3H3,(H,29,30)(H,28,31,32). The minimum Gasteiger partial charge on any atom is -0.368 e. The van der Waals surface area contributed by atoms with E-state index in [4.69, 9.17) is 4.98 Å². The second-order valence-electron chi connectivity index (χ2n) is 9.59. The van der Waals surface area contributed by atoms with Gasteiger partial charge in [0.05, 0.1) is 28.3 Å². The van der Waals surface area contributed by atoms with Crippen molar-refractivity contribution in [2.45, 2.75) is 6.54 Å². The van der Waals surface area contributed by atoms with Gasteiger partial charge < -0.3 is 19.7 Å². The van der Waals surface area contributed by atoms with Gasteiger partial charge in [-0.3, -0.25) is 10.1 Å². The predicted octanol–water partition coefficient (Wildman–Crippen LogP) is 3.38. The van der Waals surface area contributed by atoms with E-state index < -0.39 is 0 Å². The Hall–Kier alpha value is -3.82. The summed E-state index contributed by atoms with van der Waals surface area (Å²) >= 11 is 0. The molecule has 9 heteroatoms. The third kappa shape index (κ3) is 4.24. The predicted molar refractivity (Wildman–Crippen MR) is 139 cm³/mol. The Balaban J connectivity index is 1.34. The Morgan fingerprint density at radius 3 is 2.66 bits per heavy atom. The van der Waals surface area contributed by atoms with Crippen LogP contribution in [-0.2, 0) is 6.54 Å². The largest absolute Gasteiger partial charge is 0.368 e. The van der Waals surface area contributed by atoms with Gasteiger partial charge in [-0.15, -0.1) is 0 Å². The number of pyridine rings is 2. The molecule has 0 spiro atoms. The molecule has 9 nitrogen and oxygen atoms in total. The molecule has 1 aliphatic rings. The molecule has 5 heterocycles. The van der Waals surface area contributed by atoms with E-state index in [0.717, 1.165) is 77.5 Å². The fourth-order valence-electron chi connectivity index (χ4n) is 4.71. The topological polar surface area (TPSA) is 92.9 Å². The number of imidazole rings is 1. The molecule has 1 fully saturated rings. The number of hydrogen-bond donors (Lipinski definition) is 2. The van der Waals surface area contributed by atoms with Gasteiger partial charge in [-0.1, -0.05) is 6.07 Å². The van der Waals surface area contributed by atoms with E-state index in [1.54, 1.807) is 0 Å². The van der Waals surface area contributed by atoms with Gasteiger partial charge in [0.2, 0.25) is 0 Å². The second kappa shape index (κ2) is 8.75. The minimum atomic E-state index is 0.697. The van der Waals surface area contributed by atoms with E-state index in [-0.39, 0.29) is 0 Å². The van der Waals surface area contributed by atoms with Crippen molar-refractivity contribution < 1.29 is 0 Å². The number of aromatic nitrogens is 6. The van der Waals surface area contributed by atoms with Crippen LogP contribution in [0.1, 0.15) is 5.56 Å². The van der Waals surface area contributed by atoms with Crippen LogP contribution in [-0.4, -0.2) is 87.3 Å². The van der Waals surface area contributed by atoms with Crippen LogP contribution in [0.15, 0.2) is 48.9 Å². The van der Waals surface area contributed by atoms with E-state index in [0.29, 0.717) is 5.65 Å². The maximum Gasteiger partial charge on any atom is 0.181 e. The van der Waals surface area contributed by atoms with Crippen molar-refractivity contribution in [1.29, 1.82) is 0 Å². The number of hydrogen-bond acceptors (Lipinski definition) is 7. The molecule has 1 aromatic carbocycles. The first-order chi connectivity index (χ1) is 17.0. The van der Waals surface area contributed by atoms with Gasteiger partial charge in [0, 0.05) is 50.7 Å². The monoisotopic (exact) mass is 467 g/mol. The highest BCUT2D eigenvalue weighted by Gasteiger charge is 2.18. The number of benzene rings is 1. The van der Waals surface area contributed by atoms with Crippen molar-refractivity contribution in [3.8, 4) is 22.6 Å². The lowest BCUT2D eigenvalue weighted by molar-refractivity contribution is 0.313. The lowest BCUT2D eigenvalue weighted by atomic mass is 10.1. The third-order valence-electron chi connectivity index (χ3n) is 6.61. The molecule has 6 rings (SSSR count). The van der Waals surface area contributed by atoms with E-state index in [1.807, 2.05) is 18.6 Å². The van der Waals surface area contributed by atoms with Crippen LogP contribution in [0.5, 0.6) is 0 Å². The summed E-state index contributed by atoms with van der Waals surface area (Å²) in [5, 5.41) is 8.55. The van der Waals surface area contributed by atoms with Gasteiger partial charge in [0.15, 0.2) is 11.5 Å². The highest BCUT2D eigenvalue weighted by Crippen LogP contribution is 2.30. The fourth-order valence-corrected chi connectivity index (χ4v) is 4.71. The number of anilines is 1. The van der Waals surface area contributed by atoms with Crippen molar-refractivity contribution in [1.82, 2.24) is 39.9 Å². The summed E-state index contributed by atoms with van der Waals surface area (Å²) in [4.78, 5) is 24.3. The zero-order valence-electron chi connectivity index (χ0n) is 20.3. The number of likely N-dealkylation sites (N-methyl/N-ethyl adjacent to an activating group) is 1. The van der Waals surface area contributed by atoms with Gasteiger partial charge in [0.25, 0.3) is 0 Å². The van der Waals surface area contributed by atoms with Crippen LogP contribution in [0.2, 0.25) is 0 Å². The van der Waals surface area contributed by atoms with Crippen LogP contribution in [0.3, 0.4) is 0 Å². The zero-order chi connectivity index (χ0) is 23.9. The molecule has 0 atom stereocenters. The molecule has 0 amide bonds. The smallest absolute Gasteiger partial charge is 0.181 e. The van der Waals surface area contributed by atoms with Crippen molar-refractivity contribution in [2.75, 3.05) is 52.2 Å². The molecule has 178 valence electrons. The van der Waals surface area contributed by atoms with E-state index in [1.165, 1.54) is 5.56 Å². The van der Waals surface area contributed by atoms with Gasteiger partial charge in [-0.05, 0) is 56.5 Å². The highest BCUT2D eigenvalue weighted by molar-refractivity contribution is 5.93. The molecular weight excluding hydrogens is 438 g/mol. The van der Waals surface area contributed by atoms with Crippen LogP contribution in [0.4, 0.5) is 5.69 Å². The summed E-state index contributed by atoms with van der Waals surface area (Å²) in [6, 6.07) is 10.7. The first-order valence-corrected chi connectivity index (χ1v) is 11.9. The van der Waals surface area contributed by atoms with Gasteiger partial charge in [-0.2, -0.15) is 5.10 Å². The number of nitrogens with zero attached hydrogens (tertiary/aromatic N) is 7. The van der Waals surface area contributed by atoms with Gasteiger partial charge in [0.1, 0.15) is 5.69 Å². The van der Waals surface area contributed by atoms with E-state index in [2.05, 4.69) is 91.3 Å². The number of fused-ring (bicyclic) bond motifs is 2. The second-order valence-corrected chi connectivity index (χ2v) is 9.59. The quantitative estimate of drug-likeness (QED) is 0.409. The summed E-state index contributed by atoms with van der Waals surface area (Å²) in [6.45, 7) is 4.95. The molecule has 35 heavy (non-hydrogen) atoms. The molecule has 0 saturated carbocycles. The normalized spacial score (nSPS) is 15.0. The van der Waals surface area contributed by atoms with Gasteiger partial charge in [-0.25, -0.2) is 9.97 Å². The summed E-state index contributed by atoms with van der Waals surface area (Å²) < 4.78 is 0. The van der Waals surface area contributed by atoms with Crippen molar-refractivity contribution in [2.24, 2.45) is 0 Å². The van der Waals surface area contributed by atoms with Crippen molar-refractivity contribution in [3.63, 3.8) is 0 Å². The first-order valence-electron chi connectivity index (χ1n) is 11.9.